The minimum Gasteiger partial charge on any atom is -0.465 e. The predicted octanol–water partition coefficient (Wildman–Crippen LogP) is 4.62. The van der Waals surface area contributed by atoms with E-state index in [4.69, 9.17) is 4.74 Å². The van der Waals surface area contributed by atoms with Crippen LogP contribution in [-0.2, 0) is 15.6 Å². The molecule has 0 N–H and O–H groups in total. The van der Waals surface area contributed by atoms with E-state index >= 15 is 0 Å². The number of nitrogens with zero attached hydrogens (tertiary/aromatic N) is 1. The molecule has 3 heteroatoms. The van der Waals surface area contributed by atoms with Gasteiger partial charge in [0.15, 0.2) is 0 Å². The van der Waals surface area contributed by atoms with E-state index in [0.717, 1.165) is 22.0 Å². The molecule has 3 nitrogen and oxygen atoms in total. The summed E-state index contributed by atoms with van der Waals surface area (Å²) in [6, 6.07) is 6.02. The Morgan fingerprint density at radius 2 is 1.59 bits per heavy atom. The molecule has 0 radical (unpaired) electrons. The van der Waals surface area contributed by atoms with Gasteiger partial charge in [-0.15, -0.1) is 0 Å². The predicted molar refractivity (Wildman–Crippen MR) is 90.5 cm³/mol. The molecule has 0 bridgehead atoms. The van der Waals surface area contributed by atoms with Gasteiger partial charge in [-0.05, 0) is 22.0 Å². The van der Waals surface area contributed by atoms with Crippen LogP contribution in [0.15, 0.2) is 24.4 Å². The first-order valence-electron chi connectivity index (χ1n) is 7.58. The van der Waals surface area contributed by atoms with E-state index in [0.29, 0.717) is 5.56 Å². The van der Waals surface area contributed by atoms with Crippen LogP contribution in [0.1, 0.15) is 63.0 Å². The zero-order valence-corrected chi connectivity index (χ0v) is 14.6. The molecule has 1 heterocycles. The third-order valence-corrected chi connectivity index (χ3v) is 3.90. The monoisotopic (exact) mass is 299 g/mol. The number of carbonyl (C=O) groups excluding carboxylic acids is 1. The highest BCUT2D eigenvalue weighted by Crippen LogP contribution is 2.35. The minimum absolute atomic E-state index is 0.0385. The molecule has 0 aliphatic heterocycles. The third kappa shape index (κ3) is 2.85. The van der Waals surface area contributed by atoms with Crippen molar-refractivity contribution >= 4 is 16.9 Å². The summed E-state index contributed by atoms with van der Waals surface area (Å²) in [5.41, 5.74) is 3.34. The van der Waals surface area contributed by atoms with Gasteiger partial charge in [0.25, 0.3) is 0 Å². The van der Waals surface area contributed by atoms with E-state index in [1.165, 1.54) is 7.11 Å². The molecule has 2 aromatic rings. The first-order chi connectivity index (χ1) is 10.1. The molecule has 0 atom stereocenters. The maximum absolute atomic E-state index is 12.4. The molecule has 0 saturated carbocycles. The van der Waals surface area contributed by atoms with Crippen LogP contribution < -0.4 is 0 Å². The lowest BCUT2D eigenvalue weighted by atomic mass is 9.81. The molecular formula is C19H25NO2. The van der Waals surface area contributed by atoms with Gasteiger partial charge in [-0.3, -0.25) is 4.98 Å². The molecule has 0 aliphatic carbocycles. The fourth-order valence-corrected chi connectivity index (χ4v) is 2.72. The molecule has 0 saturated heterocycles. The topological polar surface area (TPSA) is 39.2 Å². The van der Waals surface area contributed by atoms with Crippen LogP contribution in [0.25, 0.3) is 10.9 Å². The van der Waals surface area contributed by atoms with Crippen molar-refractivity contribution in [2.24, 2.45) is 0 Å². The molecule has 2 rings (SSSR count). The average molecular weight is 299 g/mol. The van der Waals surface area contributed by atoms with Gasteiger partial charge in [0.05, 0.1) is 18.2 Å². The van der Waals surface area contributed by atoms with Crippen molar-refractivity contribution in [3.05, 3.63) is 41.1 Å². The van der Waals surface area contributed by atoms with Crippen LogP contribution in [0.4, 0.5) is 0 Å². The first kappa shape index (κ1) is 16.5. The summed E-state index contributed by atoms with van der Waals surface area (Å²) in [5.74, 6) is -0.302. The molecule has 0 aliphatic rings. The first-order valence-corrected chi connectivity index (χ1v) is 7.58. The van der Waals surface area contributed by atoms with E-state index in [1.54, 1.807) is 0 Å². The normalized spacial score (nSPS) is 12.5. The number of aromatic nitrogens is 1. The summed E-state index contributed by atoms with van der Waals surface area (Å²) in [6.07, 6.45) is 1.82. The molecule has 22 heavy (non-hydrogen) atoms. The Balaban J connectivity index is 2.92. The molecule has 1 aromatic carbocycles. The molecule has 0 fully saturated rings. The second-order valence-corrected chi connectivity index (χ2v) is 7.74. The lowest BCUT2D eigenvalue weighted by Crippen LogP contribution is -2.20. The Hall–Kier alpha value is -1.90. The highest BCUT2D eigenvalue weighted by atomic mass is 16.5. The zero-order valence-electron chi connectivity index (χ0n) is 14.6. The summed E-state index contributed by atoms with van der Waals surface area (Å²) < 4.78 is 5.04. The second-order valence-electron chi connectivity index (χ2n) is 7.74. The van der Waals surface area contributed by atoms with Crippen molar-refractivity contribution in [1.29, 1.82) is 0 Å². The van der Waals surface area contributed by atoms with E-state index in [1.807, 2.05) is 18.3 Å². The van der Waals surface area contributed by atoms with Gasteiger partial charge >= 0.3 is 5.97 Å². The Morgan fingerprint density at radius 1 is 1.00 bits per heavy atom. The summed E-state index contributed by atoms with van der Waals surface area (Å²) in [4.78, 5) is 17.1. The summed E-state index contributed by atoms with van der Waals surface area (Å²) in [6.45, 7) is 12.7. The number of methoxy groups -OCH3 is 1. The Labute approximate surface area is 132 Å². The fraction of sp³-hybridized carbons (Fsp3) is 0.474. The lowest BCUT2D eigenvalue weighted by Gasteiger charge is -2.25. The van der Waals surface area contributed by atoms with Crippen molar-refractivity contribution in [2.75, 3.05) is 7.11 Å². The van der Waals surface area contributed by atoms with E-state index in [2.05, 4.69) is 52.6 Å². The number of para-hydroxylation sites is 1. The average Bonchev–Trinajstić information content (AvgIpc) is 2.42. The van der Waals surface area contributed by atoms with Crippen LogP contribution >= 0.6 is 0 Å². The van der Waals surface area contributed by atoms with Gasteiger partial charge in [-0.2, -0.15) is 0 Å². The molecule has 118 valence electrons. The molecular weight excluding hydrogens is 274 g/mol. The molecule has 0 unspecified atom stereocenters. The SMILES string of the molecule is COC(=O)c1c(C(C)(C)C)cnc2c(C(C)(C)C)cccc12. The Kier molecular flexibility index (Phi) is 4.03. The smallest absolute Gasteiger partial charge is 0.338 e. The maximum Gasteiger partial charge on any atom is 0.338 e. The number of hydrogen-bond acceptors (Lipinski definition) is 3. The van der Waals surface area contributed by atoms with Gasteiger partial charge in [0.2, 0.25) is 0 Å². The van der Waals surface area contributed by atoms with Crippen molar-refractivity contribution in [3.63, 3.8) is 0 Å². The molecule has 0 spiro atoms. The van der Waals surface area contributed by atoms with Crippen molar-refractivity contribution < 1.29 is 9.53 Å². The van der Waals surface area contributed by atoms with Gasteiger partial charge in [0, 0.05) is 11.6 Å². The molecule has 1 aromatic heterocycles. The van der Waals surface area contributed by atoms with Crippen LogP contribution in [0.5, 0.6) is 0 Å². The number of rotatable bonds is 1. The summed E-state index contributed by atoms with van der Waals surface area (Å²) in [5, 5.41) is 0.867. The van der Waals surface area contributed by atoms with Crippen LogP contribution in [0.3, 0.4) is 0 Å². The number of benzene rings is 1. The highest BCUT2D eigenvalue weighted by Gasteiger charge is 2.27. The second kappa shape index (κ2) is 5.38. The van der Waals surface area contributed by atoms with E-state index < -0.39 is 0 Å². The maximum atomic E-state index is 12.4. The number of esters is 1. The largest absolute Gasteiger partial charge is 0.465 e. The zero-order chi connectivity index (χ0) is 16.7. The summed E-state index contributed by atoms with van der Waals surface area (Å²) >= 11 is 0. The quantitative estimate of drug-likeness (QED) is 0.721. The number of carbonyl (C=O) groups is 1. The van der Waals surface area contributed by atoms with Crippen LogP contribution in [0.2, 0.25) is 0 Å². The van der Waals surface area contributed by atoms with Gasteiger partial charge in [-0.1, -0.05) is 59.7 Å². The molecule has 0 amide bonds. The van der Waals surface area contributed by atoms with E-state index in [9.17, 15) is 4.79 Å². The Morgan fingerprint density at radius 3 is 2.09 bits per heavy atom. The van der Waals surface area contributed by atoms with Crippen molar-refractivity contribution in [3.8, 4) is 0 Å². The van der Waals surface area contributed by atoms with Gasteiger partial charge in [-0.25, -0.2) is 4.79 Å². The van der Waals surface area contributed by atoms with Crippen LogP contribution in [-0.4, -0.2) is 18.1 Å². The van der Waals surface area contributed by atoms with Gasteiger partial charge < -0.3 is 4.74 Å². The van der Waals surface area contributed by atoms with Crippen molar-refractivity contribution in [2.45, 2.75) is 52.4 Å². The third-order valence-electron chi connectivity index (χ3n) is 3.90. The number of hydrogen-bond donors (Lipinski definition) is 0. The van der Waals surface area contributed by atoms with Gasteiger partial charge in [0.1, 0.15) is 0 Å². The number of pyridine rings is 1. The number of ether oxygens (including phenoxy) is 1. The minimum atomic E-state index is -0.302. The van der Waals surface area contributed by atoms with Crippen LogP contribution in [0, 0.1) is 0 Å². The van der Waals surface area contributed by atoms with Crippen molar-refractivity contribution in [1.82, 2.24) is 4.98 Å². The highest BCUT2D eigenvalue weighted by molar-refractivity contribution is 6.05. The lowest BCUT2D eigenvalue weighted by molar-refractivity contribution is 0.0600. The summed E-state index contributed by atoms with van der Waals surface area (Å²) in [7, 11) is 1.43. The van der Waals surface area contributed by atoms with E-state index in [-0.39, 0.29) is 16.8 Å². The standard InChI is InChI=1S/C19H25NO2/c1-18(2,3)13-10-8-9-12-15(17(21)22-7)14(19(4,5)6)11-20-16(12)13/h8-11H,1-7H3. The fourth-order valence-electron chi connectivity index (χ4n) is 2.72. The number of fused-ring (bicyclic) bond motifs is 1. The Bertz CT molecular complexity index is 719.